The van der Waals surface area contributed by atoms with E-state index in [1.165, 1.54) is 3.57 Å². The van der Waals surface area contributed by atoms with Gasteiger partial charge in [-0.1, -0.05) is 0 Å². The Morgan fingerprint density at radius 1 is 1.45 bits per heavy atom. The van der Waals surface area contributed by atoms with Crippen molar-refractivity contribution in [2.45, 2.75) is 13.8 Å². The van der Waals surface area contributed by atoms with E-state index in [1.807, 2.05) is 39.2 Å². The quantitative estimate of drug-likeness (QED) is 0.450. The molecule has 7 heteroatoms. The minimum Gasteiger partial charge on any atom is -0.376 e. The SMILES string of the molecule is Cc1cc(I)ccc1NCC(=O)N/N=C\c1cn(C)nc1C. The van der Waals surface area contributed by atoms with Gasteiger partial charge < -0.3 is 5.32 Å². The van der Waals surface area contributed by atoms with Gasteiger partial charge in [0.1, 0.15) is 0 Å². The summed E-state index contributed by atoms with van der Waals surface area (Å²) in [4.78, 5) is 11.8. The molecule has 0 saturated heterocycles. The Morgan fingerprint density at radius 3 is 2.86 bits per heavy atom. The number of aromatic nitrogens is 2. The first-order chi connectivity index (χ1) is 10.5. The monoisotopic (exact) mass is 411 g/mol. The molecule has 0 unspecified atom stereocenters. The normalized spacial score (nSPS) is 10.9. The van der Waals surface area contributed by atoms with Gasteiger partial charge in [0.2, 0.25) is 0 Å². The first-order valence-electron chi connectivity index (χ1n) is 6.78. The van der Waals surface area contributed by atoms with Gasteiger partial charge in [-0.15, -0.1) is 0 Å². The van der Waals surface area contributed by atoms with Gasteiger partial charge >= 0.3 is 0 Å². The minimum absolute atomic E-state index is 0.171. The summed E-state index contributed by atoms with van der Waals surface area (Å²) in [7, 11) is 1.84. The largest absolute Gasteiger partial charge is 0.376 e. The molecule has 22 heavy (non-hydrogen) atoms. The molecule has 116 valence electrons. The van der Waals surface area contributed by atoms with Crippen LogP contribution in [-0.2, 0) is 11.8 Å². The predicted molar refractivity (Wildman–Crippen MR) is 96.1 cm³/mol. The maximum absolute atomic E-state index is 11.8. The van der Waals surface area contributed by atoms with Crippen LogP contribution in [0.1, 0.15) is 16.8 Å². The molecule has 0 aliphatic heterocycles. The molecule has 0 spiro atoms. The fourth-order valence-electron chi connectivity index (χ4n) is 1.96. The topological polar surface area (TPSA) is 71.3 Å². The molecule has 1 aromatic heterocycles. The van der Waals surface area contributed by atoms with Crippen molar-refractivity contribution < 1.29 is 4.79 Å². The standard InChI is InChI=1S/C15H18IN5O/c1-10-6-13(16)4-5-14(10)17-8-15(22)19-18-7-12-9-21(3)20-11(12)2/h4-7,9,17H,8H2,1-3H3,(H,19,22)/b18-7-. The molecule has 1 amide bonds. The lowest BCUT2D eigenvalue weighted by atomic mass is 10.2. The van der Waals surface area contributed by atoms with Gasteiger partial charge in [-0.2, -0.15) is 10.2 Å². The Balaban J connectivity index is 1.84. The average Bonchev–Trinajstić information content (AvgIpc) is 2.76. The Labute approximate surface area is 143 Å². The number of carbonyl (C=O) groups is 1. The van der Waals surface area contributed by atoms with Gasteiger partial charge in [0.15, 0.2) is 0 Å². The van der Waals surface area contributed by atoms with Crippen molar-refractivity contribution in [2.75, 3.05) is 11.9 Å². The fourth-order valence-corrected chi connectivity index (χ4v) is 2.61. The van der Waals surface area contributed by atoms with Gasteiger partial charge in [0.05, 0.1) is 18.5 Å². The number of rotatable bonds is 5. The van der Waals surface area contributed by atoms with Crippen molar-refractivity contribution >= 4 is 40.4 Å². The highest BCUT2D eigenvalue weighted by Crippen LogP contribution is 2.17. The van der Waals surface area contributed by atoms with Crippen LogP contribution in [0.5, 0.6) is 0 Å². The summed E-state index contributed by atoms with van der Waals surface area (Å²) in [5.74, 6) is -0.198. The Morgan fingerprint density at radius 2 is 2.23 bits per heavy atom. The fraction of sp³-hybridized carbons (Fsp3) is 0.267. The smallest absolute Gasteiger partial charge is 0.259 e. The number of benzene rings is 1. The molecule has 2 rings (SSSR count). The number of nitrogens with zero attached hydrogens (tertiary/aromatic N) is 3. The third kappa shape index (κ3) is 4.55. The number of aryl methyl sites for hydroxylation is 3. The number of hydrogen-bond donors (Lipinski definition) is 2. The third-order valence-electron chi connectivity index (χ3n) is 3.07. The summed E-state index contributed by atoms with van der Waals surface area (Å²) in [5.41, 5.74) is 6.30. The lowest BCUT2D eigenvalue weighted by molar-refractivity contribution is -0.119. The van der Waals surface area contributed by atoms with E-state index in [9.17, 15) is 4.79 Å². The molecule has 2 N–H and O–H groups in total. The predicted octanol–water partition coefficient (Wildman–Crippen LogP) is 2.20. The van der Waals surface area contributed by atoms with E-state index in [1.54, 1.807) is 10.9 Å². The molecule has 0 saturated carbocycles. The van der Waals surface area contributed by atoms with Crippen LogP contribution in [0.3, 0.4) is 0 Å². The Bertz CT molecular complexity index is 708. The molecular weight excluding hydrogens is 393 g/mol. The highest BCUT2D eigenvalue weighted by Gasteiger charge is 2.03. The molecule has 0 aliphatic rings. The number of amides is 1. The second-order valence-corrected chi connectivity index (χ2v) is 6.20. The van der Waals surface area contributed by atoms with Crippen LogP contribution in [-0.4, -0.2) is 28.4 Å². The van der Waals surface area contributed by atoms with Crippen molar-refractivity contribution in [1.82, 2.24) is 15.2 Å². The van der Waals surface area contributed by atoms with Gasteiger partial charge in [0.25, 0.3) is 5.91 Å². The van der Waals surface area contributed by atoms with Crippen molar-refractivity contribution in [2.24, 2.45) is 12.1 Å². The summed E-state index contributed by atoms with van der Waals surface area (Å²) < 4.78 is 2.88. The first kappa shape index (κ1) is 16.5. The van der Waals surface area contributed by atoms with Gasteiger partial charge in [-0.05, 0) is 60.2 Å². The zero-order valence-electron chi connectivity index (χ0n) is 12.7. The van der Waals surface area contributed by atoms with E-state index < -0.39 is 0 Å². The van der Waals surface area contributed by atoms with E-state index >= 15 is 0 Å². The molecule has 0 radical (unpaired) electrons. The molecule has 0 fully saturated rings. The molecule has 1 heterocycles. The lowest BCUT2D eigenvalue weighted by Gasteiger charge is -2.08. The van der Waals surface area contributed by atoms with E-state index in [0.29, 0.717) is 0 Å². The number of anilines is 1. The number of halogens is 1. The lowest BCUT2D eigenvalue weighted by Crippen LogP contribution is -2.26. The van der Waals surface area contributed by atoms with Gasteiger partial charge in [-0.25, -0.2) is 5.43 Å². The molecular formula is C15H18IN5O. The van der Waals surface area contributed by atoms with Crippen LogP contribution in [0.15, 0.2) is 29.5 Å². The van der Waals surface area contributed by atoms with Crippen molar-refractivity contribution in [3.05, 3.63) is 44.8 Å². The summed E-state index contributed by atoms with van der Waals surface area (Å²) in [6.45, 7) is 4.07. The summed E-state index contributed by atoms with van der Waals surface area (Å²) in [5, 5.41) is 11.2. The number of hydrazone groups is 1. The highest BCUT2D eigenvalue weighted by atomic mass is 127. The molecule has 0 bridgehead atoms. The number of hydrogen-bond acceptors (Lipinski definition) is 4. The first-order valence-corrected chi connectivity index (χ1v) is 7.86. The van der Waals surface area contributed by atoms with Crippen LogP contribution in [0.25, 0.3) is 0 Å². The average molecular weight is 411 g/mol. The van der Waals surface area contributed by atoms with Crippen LogP contribution < -0.4 is 10.7 Å². The maximum Gasteiger partial charge on any atom is 0.259 e. The van der Waals surface area contributed by atoms with Crippen molar-refractivity contribution in [3.63, 3.8) is 0 Å². The number of nitrogens with one attached hydrogen (secondary N) is 2. The van der Waals surface area contributed by atoms with E-state index in [2.05, 4.69) is 49.6 Å². The van der Waals surface area contributed by atoms with Crippen LogP contribution in [0, 0.1) is 17.4 Å². The molecule has 0 aliphatic carbocycles. The Hall–Kier alpha value is -1.90. The second-order valence-electron chi connectivity index (χ2n) is 4.95. The Kier molecular flexibility index (Phi) is 5.53. The molecule has 6 nitrogen and oxygen atoms in total. The van der Waals surface area contributed by atoms with E-state index in [4.69, 9.17) is 0 Å². The molecule has 1 aromatic carbocycles. The molecule has 2 aromatic rings. The van der Waals surface area contributed by atoms with Crippen molar-refractivity contribution in [3.8, 4) is 0 Å². The minimum atomic E-state index is -0.198. The highest BCUT2D eigenvalue weighted by molar-refractivity contribution is 14.1. The van der Waals surface area contributed by atoms with Crippen LogP contribution >= 0.6 is 22.6 Å². The third-order valence-corrected chi connectivity index (χ3v) is 3.74. The molecule has 0 atom stereocenters. The zero-order chi connectivity index (χ0) is 16.1. The van der Waals surface area contributed by atoms with Crippen molar-refractivity contribution in [1.29, 1.82) is 0 Å². The maximum atomic E-state index is 11.8. The van der Waals surface area contributed by atoms with E-state index in [0.717, 1.165) is 22.5 Å². The zero-order valence-corrected chi connectivity index (χ0v) is 14.9. The van der Waals surface area contributed by atoms with Crippen LogP contribution in [0.2, 0.25) is 0 Å². The van der Waals surface area contributed by atoms with Gasteiger partial charge in [0, 0.05) is 28.1 Å². The van der Waals surface area contributed by atoms with Crippen LogP contribution in [0.4, 0.5) is 5.69 Å². The van der Waals surface area contributed by atoms with Gasteiger partial charge in [-0.3, -0.25) is 9.48 Å². The summed E-state index contributed by atoms with van der Waals surface area (Å²) in [6.07, 6.45) is 3.44. The summed E-state index contributed by atoms with van der Waals surface area (Å²) in [6, 6.07) is 6.02. The second kappa shape index (κ2) is 7.39. The number of carbonyl (C=O) groups excluding carboxylic acids is 1. The van der Waals surface area contributed by atoms with E-state index in [-0.39, 0.29) is 12.5 Å². The summed E-state index contributed by atoms with van der Waals surface area (Å²) >= 11 is 2.26.